The Balaban J connectivity index is 2.88. The van der Waals surface area contributed by atoms with E-state index >= 15 is 0 Å². The van der Waals surface area contributed by atoms with E-state index in [-0.39, 0.29) is 28.9 Å². The lowest BCUT2D eigenvalue weighted by atomic mass is 10.1. The van der Waals surface area contributed by atoms with Gasteiger partial charge in [-0.05, 0) is 33.0 Å². The van der Waals surface area contributed by atoms with Gasteiger partial charge in [-0.1, -0.05) is 0 Å². The van der Waals surface area contributed by atoms with Gasteiger partial charge >= 0.3 is 5.69 Å². The highest BCUT2D eigenvalue weighted by atomic mass is 16.6. The molecule has 0 fully saturated rings. The van der Waals surface area contributed by atoms with E-state index in [0.29, 0.717) is 13.2 Å². The van der Waals surface area contributed by atoms with Crippen molar-refractivity contribution >= 4 is 11.6 Å². The van der Waals surface area contributed by atoms with Gasteiger partial charge in [0.05, 0.1) is 11.5 Å². The van der Waals surface area contributed by atoms with Gasteiger partial charge in [-0.25, -0.2) is 0 Å². The molecule has 110 valence electrons. The number of rotatable bonds is 7. The number of nitrogens with zero attached hydrogens (tertiary/aromatic N) is 1. The van der Waals surface area contributed by atoms with Crippen molar-refractivity contribution in [1.82, 2.24) is 10.6 Å². The van der Waals surface area contributed by atoms with E-state index in [1.807, 2.05) is 6.92 Å². The third kappa shape index (κ3) is 4.20. The number of carbonyl (C=O) groups is 1. The van der Waals surface area contributed by atoms with Gasteiger partial charge < -0.3 is 15.4 Å². The van der Waals surface area contributed by atoms with Crippen molar-refractivity contribution in [3.63, 3.8) is 0 Å². The maximum absolute atomic E-state index is 11.9. The van der Waals surface area contributed by atoms with Crippen LogP contribution in [0, 0.1) is 10.1 Å². The van der Waals surface area contributed by atoms with Crippen molar-refractivity contribution < 1.29 is 14.5 Å². The molecule has 1 amide bonds. The molecule has 0 spiro atoms. The van der Waals surface area contributed by atoms with E-state index in [9.17, 15) is 14.9 Å². The fraction of sp³-hybridized carbons (Fsp3) is 0.462. The molecule has 7 heteroatoms. The highest BCUT2D eigenvalue weighted by molar-refractivity contribution is 5.95. The molecule has 0 aliphatic heterocycles. The van der Waals surface area contributed by atoms with Gasteiger partial charge in [-0.15, -0.1) is 0 Å². The quantitative estimate of drug-likeness (QED) is 0.581. The second kappa shape index (κ2) is 7.44. The van der Waals surface area contributed by atoms with Crippen LogP contribution in [0.25, 0.3) is 0 Å². The summed E-state index contributed by atoms with van der Waals surface area (Å²) in [6.45, 7) is 4.42. The third-order valence-corrected chi connectivity index (χ3v) is 2.78. The molecule has 7 nitrogen and oxygen atoms in total. The average Bonchev–Trinajstić information content (AvgIpc) is 2.44. The summed E-state index contributed by atoms with van der Waals surface area (Å²) >= 11 is 0. The van der Waals surface area contributed by atoms with Crippen molar-refractivity contribution in [1.29, 1.82) is 0 Å². The number of nitro benzene ring substituents is 1. The highest BCUT2D eigenvalue weighted by Crippen LogP contribution is 2.27. The Labute approximate surface area is 117 Å². The first-order valence-corrected chi connectivity index (χ1v) is 6.36. The molecule has 1 rings (SSSR count). The van der Waals surface area contributed by atoms with Crippen LogP contribution in [0.2, 0.25) is 0 Å². The Bertz CT molecular complexity index is 491. The number of carbonyl (C=O) groups excluding carboxylic acids is 1. The minimum atomic E-state index is -0.558. The lowest BCUT2D eigenvalue weighted by Gasteiger charge is -2.11. The minimum absolute atomic E-state index is 0.122. The van der Waals surface area contributed by atoms with Crippen LogP contribution in [-0.4, -0.2) is 37.1 Å². The smallest absolute Gasteiger partial charge is 0.311 e. The van der Waals surface area contributed by atoms with Crippen LogP contribution in [0.15, 0.2) is 18.2 Å². The molecule has 0 saturated carbocycles. The summed E-state index contributed by atoms with van der Waals surface area (Å²) in [6.07, 6.45) is 0. The number of hydrogen-bond acceptors (Lipinski definition) is 5. The molecule has 0 bridgehead atoms. The van der Waals surface area contributed by atoms with Crippen molar-refractivity contribution in [2.45, 2.75) is 19.9 Å². The van der Waals surface area contributed by atoms with Gasteiger partial charge in [0, 0.05) is 24.2 Å². The first kappa shape index (κ1) is 15.9. The zero-order chi connectivity index (χ0) is 15.1. The third-order valence-electron chi connectivity index (χ3n) is 2.78. The molecule has 2 N–H and O–H groups in total. The molecule has 1 unspecified atom stereocenters. The number of benzene rings is 1. The lowest BCUT2D eigenvalue weighted by Crippen LogP contribution is -2.37. The molecule has 1 atom stereocenters. The predicted molar refractivity (Wildman–Crippen MR) is 75.1 cm³/mol. The molecule has 0 radical (unpaired) electrons. The summed E-state index contributed by atoms with van der Waals surface area (Å²) in [7, 11) is 1.79. The Kier molecular flexibility index (Phi) is 5.92. The summed E-state index contributed by atoms with van der Waals surface area (Å²) in [5.41, 5.74) is 0.0321. The van der Waals surface area contributed by atoms with Gasteiger partial charge in [0.1, 0.15) is 0 Å². The Hall–Kier alpha value is -2.15. The number of nitrogens with one attached hydrogen (secondary N) is 2. The van der Waals surface area contributed by atoms with Crippen LogP contribution in [0.4, 0.5) is 5.69 Å². The van der Waals surface area contributed by atoms with Crippen LogP contribution >= 0.6 is 0 Å². The predicted octanol–water partition coefficient (Wildman–Crippen LogP) is 1.33. The highest BCUT2D eigenvalue weighted by Gasteiger charge is 2.18. The van der Waals surface area contributed by atoms with Gasteiger partial charge in [0.15, 0.2) is 5.75 Å². The maximum Gasteiger partial charge on any atom is 0.311 e. The number of hydrogen-bond donors (Lipinski definition) is 2. The number of nitro groups is 1. The average molecular weight is 281 g/mol. The molecule has 0 heterocycles. The van der Waals surface area contributed by atoms with Crippen LogP contribution in [0.1, 0.15) is 24.2 Å². The first-order valence-electron chi connectivity index (χ1n) is 6.36. The van der Waals surface area contributed by atoms with Crippen molar-refractivity contribution in [2.24, 2.45) is 0 Å². The zero-order valence-corrected chi connectivity index (χ0v) is 11.8. The minimum Gasteiger partial charge on any atom is -0.487 e. The van der Waals surface area contributed by atoms with E-state index in [4.69, 9.17) is 4.74 Å². The molecule has 0 aliphatic rings. The van der Waals surface area contributed by atoms with Gasteiger partial charge in [0.25, 0.3) is 5.91 Å². The fourth-order valence-corrected chi connectivity index (χ4v) is 1.53. The lowest BCUT2D eigenvalue weighted by molar-refractivity contribution is -0.385. The fourth-order valence-electron chi connectivity index (χ4n) is 1.53. The van der Waals surface area contributed by atoms with Crippen LogP contribution < -0.4 is 15.4 Å². The van der Waals surface area contributed by atoms with E-state index in [0.717, 1.165) is 0 Å². The first-order chi connectivity index (χ1) is 9.49. The molecular weight excluding hydrogens is 262 g/mol. The number of ether oxygens (including phenoxy) is 1. The summed E-state index contributed by atoms with van der Waals surface area (Å²) < 4.78 is 5.17. The van der Waals surface area contributed by atoms with Gasteiger partial charge in [0.2, 0.25) is 0 Å². The van der Waals surface area contributed by atoms with E-state index in [1.54, 1.807) is 14.0 Å². The van der Waals surface area contributed by atoms with Crippen LogP contribution in [0.3, 0.4) is 0 Å². The van der Waals surface area contributed by atoms with E-state index < -0.39 is 4.92 Å². The van der Waals surface area contributed by atoms with E-state index in [1.165, 1.54) is 18.2 Å². The molecule has 0 aliphatic carbocycles. The summed E-state index contributed by atoms with van der Waals surface area (Å²) in [6, 6.07) is 4.30. The SMILES string of the molecule is CCOc1ccc(C(=O)NCC(C)NC)cc1[N+](=O)[O-]. The summed E-state index contributed by atoms with van der Waals surface area (Å²) in [5, 5.41) is 16.7. The molecule has 0 saturated heterocycles. The van der Waals surface area contributed by atoms with Crippen LogP contribution in [0.5, 0.6) is 5.75 Å². The normalized spacial score (nSPS) is 11.8. The molecule has 1 aromatic carbocycles. The maximum atomic E-state index is 11.9. The molecule has 1 aromatic rings. The molecule has 0 aromatic heterocycles. The zero-order valence-electron chi connectivity index (χ0n) is 11.8. The summed E-state index contributed by atoms with van der Waals surface area (Å²) in [4.78, 5) is 22.3. The van der Waals surface area contributed by atoms with Crippen molar-refractivity contribution in [3.05, 3.63) is 33.9 Å². The van der Waals surface area contributed by atoms with Crippen LogP contribution in [-0.2, 0) is 0 Å². The Morgan fingerprint density at radius 1 is 1.50 bits per heavy atom. The molecular formula is C13H19N3O4. The van der Waals surface area contributed by atoms with Crippen molar-refractivity contribution in [2.75, 3.05) is 20.2 Å². The standard InChI is InChI=1S/C13H19N3O4/c1-4-20-12-6-5-10(7-11(12)16(18)19)13(17)15-8-9(2)14-3/h5-7,9,14H,4,8H2,1-3H3,(H,15,17). The molecule has 20 heavy (non-hydrogen) atoms. The second-order valence-corrected chi connectivity index (χ2v) is 4.27. The second-order valence-electron chi connectivity index (χ2n) is 4.27. The number of likely N-dealkylation sites (N-methyl/N-ethyl adjacent to an activating group) is 1. The Morgan fingerprint density at radius 2 is 2.20 bits per heavy atom. The van der Waals surface area contributed by atoms with E-state index in [2.05, 4.69) is 10.6 Å². The Morgan fingerprint density at radius 3 is 2.75 bits per heavy atom. The topological polar surface area (TPSA) is 93.5 Å². The summed E-state index contributed by atoms with van der Waals surface area (Å²) in [5.74, 6) is -0.184. The van der Waals surface area contributed by atoms with Crippen molar-refractivity contribution in [3.8, 4) is 5.75 Å². The van der Waals surface area contributed by atoms with Gasteiger partial charge in [-0.3, -0.25) is 14.9 Å². The number of amides is 1. The van der Waals surface area contributed by atoms with Gasteiger partial charge in [-0.2, -0.15) is 0 Å². The monoisotopic (exact) mass is 281 g/mol. The largest absolute Gasteiger partial charge is 0.487 e.